The first kappa shape index (κ1) is 16.7. The van der Waals surface area contributed by atoms with E-state index in [9.17, 15) is 5.26 Å². The number of hydrogen-bond donors (Lipinski definition) is 1. The third kappa shape index (κ3) is 3.38. The molecule has 0 spiro atoms. The lowest BCUT2D eigenvalue weighted by Crippen LogP contribution is -2.43. The number of nitrogens with one attached hydrogen (secondary N) is 1. The predicted molar refractivity (Wildman–Crippen MR) is 88.0 cm³/mol. The van der Waals surface area contributed by atoms with Crippen LogP contribution in [0.3, 0.4) is 0 Å². The standard InChI is InChI=1S/C15H19ClN4OSi/c1-11(14-18-10-19-20-14)15(9-17,21-22(2,3)4)12-5-7-13(16)8-6-12/h5-8,10-11H,1-4H3,(H,18,19,20). The Morgan fingerprint density at radius 2 is 1.95 bits per heavy atom. The van der Waals surface area contributed by atoms with E-state index in [4.69, 9.17) is 16.0 Å². The highest BCUT2D eigenvalue weighted by atomic mass is 35.5. The Balaban J connectivity index is 2.57. The third-order valence-corrected chi connectivity index (χ3v) is 4.52. The molecule has 0 radical (unpaired) electrons. The number of benzene rings is 1. The highest BCUT2D eigenvalue weighted by molar-refractivity contribution is 6.69. The van der Waals surface area contributed by atoms with Gasteiger partial charge in [-0.25, -0.2) is 4.98 Å². The number of hydrogen-bond acceptors (Lipinski definition) is 4. The molecule has 2 rings (SSSR count). The van der Waals surface area contributed by atoms with Gasteiger partial charge in [0.1, 0.15) is 12.4 Å². The van der Waals surface area contributed by atoms with Crippen LogP contribution >= 0.6 is 11.6 Å². The lowest BCUT2D eigenvalue weighted by atomic mass is 9.83. The summed E-state index contributed by atoms with van der Waals surface area (Å²) in [6.07, 6.45) is 1.50. The summed E-state index contributed by atoms with van der Waals surface area (Å²) in [6.45, 7) is 8.07. The number of H-pyrrole nitrogens is 1. The van der Waals surface area contributed by atoms with Crippen molar-refractivity contribution in [1.82, 2.24) is 15.2 Å². The Morgan fingerprint density at radius 3 is 2.41 bits per heavy atom. The van der Waals surface area contributed by atoms with E-state index in [0.717, 1.165) is 5.56 Å². The maximum absolute atomic E-state index is 9.98. The van der Waals surface area contributed by atoms with E-state index in [2.05, 4.69) is 40.9 Å². The first-order valence-electron chi connectivity index (χ1n) is 7.01. The third-order valence-electron chi connectivity index (χ3n) is 3.34. The van der Waals surface area contributed by atoms with Crippen LogP contribution in [0.5, 0.6) is 0 Å². The summed E-state index contributed by atoms with van der Waals surface area (Å²) in [5.41, 5.74) is -0.379. The van der Waals surface area contributed by atoms with Crippen molar-refractivity contribution in [2.75, 3.05) is 0 Å². The molecule has 0 saturated heterocycles. The molecule has 0 amide bonds. The van der Waals surface area contributed by atoms with Gasteiger partial charge in [-0.2, -0.15) is 10.4 Å². The fourth-order valence-electron chi connectivity index (χ4n) is 2.37. The Morgan fingerprint density at radius 1 is 1.32 bits per heavy atom. The van der Waals surface area contributed by atoms with Crippen molar-refractivity contribution in [3.05, 3.63) is 47.0 Å². The molecule has 0 bridgehead atoms. The maximum Gasteiger partial charge on any atom is 0.186 e. The average molecular weight is 335 g/mol. The van der Waals surface area contributed by atoms with E-state index in [-0.39, 0.29) is 5.92 Å². The zero-order valence-electron chi connectivity index (χ0n) is 13.1. The molecule has 22 heavy (non-hydrogen) atoms. The Labute approximate surface area is 136 Å². The highest BCUT2D eigenvalue weighted by Crippen LogP contribution is 2.41. The highest BCUT2D eigenvalue weighted by Gasteiger charge is 2.45. The maximum atomic E-state index is 9.98. The first-order valence-corrected chi connectivity index (χ1v) is 10.8. The lowest BCUT2D eigenvalue weighted by Gasteiger charge is -2.37. The van der Waals surface area contributed by atoms with Gasteiger partial charge in [0.15, 0.2) is 19.7 Å². The van der Waals surface area contributed by atoms with Crippen LogP contribution in [0, 0.1) is 11.3 Å². The van der Waals surface area contributed by atoms with Crippen LogP contribution in [0.1, 0.15) is 24.2 Å². The molecule has 116 valence electrons. The van der Waals surface area contributed by atoms with Gasteiger partial charge >= 0.3 is 0 Å². The molecule has 0 saturated carbocycles. The van der Waals surface area contributed by atoms with Crippen molar-refractivity contribution in [2.45, 2.75) is 38.1 Å². The molecule has 1 aromatic heterocycles. The molecule has 2 aromatic rings. The quantitative estimate of drug-likeness (QED) is 0.843. The van der Waals surface area contributed by atoms with Crippen LogP contribution in [0.2, 0.25) is 24.7 Å². The Kier molecular flexibility index (Phi) is 4.71. The topological polar surface area (TPSA) is 74.6 Å². The monoisotopic (exact) mass is 334 g/mol. The van der Waals surface area contributed by atoms with E-state index in [1.165, 1.54) is 6.33 Å². The molecule has 0 aliphatic carbocycles. The molecular formula is C15H19ClN4OSi. The van der Waals surface area contributed by atoms with Gasteiger partial charge in [-0.05, 0) is 37.3 Å². The van der Waals surface area contributed by atoms with Crippen molar-refractivity contribution in [2.24, 2.45) is 0 Å². The number of aromatic nitrogens is 3. The SMILES string of the molecule is CC(c1nc[nH]n1)C(C#N)(O[Si](C)(C)C)c1ccc(Cl)cc1. The number of aromatic amines is 1. The molecule has 7 heteroatoms. The molecular weight excluding hydrogens is 316 g/mol. The van der Waals surface area contributed by atoms with E-state index in [1.807, 2.05) is 19.1 Å². The second-order valence-electron chi connectivity index (χ2n) is 6.15. The predicted octanol–water partition coefficient (Wildman–Crippen LogP) is 3.83. The number of nitrogens with zero attached hydrogens (tertiary/aromatic N) is 3. The van der Waals surface area contributed by atoms with Crippen LogP contribution in [0.25, 0.3) is 0 Å². The summed E-state index contributed by atoms with van der Waals surface area (Å²) in [7, 11) is -2.01. The van der Waals surface area contributed by atoms with Crippen LogP contribution in [0.15, 0.2) is 30.6 Å². The second-order valence-corrected chi connectivity index (χ2v) is 11.0. The minimum Gasteiger partial charge on any atom is -0.396 e. The van der Waals surface area contributed by atoms with Gasteiger partial charge in [0.25, 0.3) is 0 Å². The molecule has 1 aromatic carbocycles. The van der Waals surface area contributed by atoms with E-state index >= 15 is 0 Å². The van der Waals surface area contributed by atoms with Crippen molar-refractivity contribution >= 4 is 19.9 Å². The smallest absolute Gasteiger partial charge is 0.186 e. The van der Waals surface area contributed by atoms with Gasteiger partial charge in [-0.1, -0.05) is 30.7 Å². The van der Waals surface area contributed by atoms with Crippen molar-refractivity contribution in [3.8, 4) is 6.07 Å². The minimum atomic E-state index is -2.01. The second kappa shape index (κ2) is 6.21. The van der Waals surface area contributed by atoms with Gasteiger partial charge < -0.3 is 4.43 Å². The summed E-state index contributed by atoms with van der Waals surface area (Å²) in [6, 6.07) is 9.56. The molecule has 0 aliphatic heterocycles. The molecule has 2 unspecified atom stereocenters. The largest absolute Gasteiger partial charge is 0.396 e. The average Bonchev–Trinajstić information content (AvgIpc) is 2.98. The summed E-state index contributed by atoms with van der Waals surface area (Å²) >= 11 is 5.97. The van der Waals surface area contributed by atoms with Crippen LogP contribution in [-0.4, -0.2) is 23.5 Å². The zero-order chi connectivity index (χ0) is 16.4. The molecule has 5 nitrogen and oxygen atoms in total. The van der Waals surface area contributed by atoms with Crippen LogP contribution in [-0.2, 0) is 10.0 Å². The van der Waals surface area contributed by atoms with E-state index in [0.29, 0.717) is 10.8 Å². The van der Waals surface area contributed by atoms with Crippen LogP contribution in [0.4, 0.5) is 0 Å². The minimum absolute atomic E-state index is 0.323. The first-order chi connectivity index (χ1) is 10.3. The zero-order valence-corrected chi connectivity index (χ0v) is 14.8. The molecule has 1 N–H and O–H groups in total. The molecule has 0 aliphatic rings. The van der Waals surface area contributed by atoms with Crippen molar-refractivity contribution in [3.63, 3.8) is 0 Å². The van der Waals surface area contributed by atoms with Crippen LogP contribution < -0.4 is 0 Å². The normalized spacial score (nSPS) is 15.8. The number of nitriles is 1. The summed E-state index contributed by atoms with van der Waals surface area (Å²) in [5.74, 6) is 0.228. The van der Waals surface area contributed by atoms with Crippen molar-refractivity contribution in [1.29, 1.82) is 5.26 Å². The van der Waals surface area contributed by atoms with Gasteiger partial charge in [-0.15, -0.1) is 0 Å². The molecule has 1 heterocycles. The van der Waals surface area contributed by atoms with E-state index in [1.54, 1.807) is 12.1 Å². The molecule has 0 fully saturated rings. The summed E-state index contributed by atoms with van der Waals surface area (Å²) < 4.78 is 6.33. The van der Waals surface area contributed by atoms with Gasteiger partial charge in [-0.3, -0.25) is 5.10 Å². The fraction of sp³-hybridized carbons (Fsp3) is 0.400. The summed E-state index contributed by atoms with van der Waals surface area (Å²) in [4.78, 5) is 4.19. The molecule has 2 atom stereocenters. The number of halogens is 1. The van der Waals surface area contributed by atoms with Gasteiger partial charge in [0.2, 0.25) is 0 Å². The fourth-order valence-corrected chi connectivity index (χ4v) is 3.80. The number of rotatable bonds is 5. The Bertz CT molecular complexity index is 660. The Hall–Kier alpha value is -1.68. The lowest BCUT2D eigenvalue weighted by molar-refractivity contribution is 0.0895. The van der Waals surface area contributed by atoms with Gasteiger partial charge in [0.05, 0.1) is 5.92 Å². The van der Waals surface area contributed by atoms with E-state index < -0.39 is 13.9 Å². The van der Waals surface area contributed by atoms with Crippen molar-refractivity contribution < 1.29 is 4.43 Å². The summed E-state index contributed by atoms with van der Waals surface area (Å²) in [5, 5.41) is 17.4. The van der Waals surface area contributed by atoms with Gasteiger partial charge in [0, 0.05) is 5.02 Å².